The summed E-state index contributed by atoms with van der Waals surface area (Å²) in [6, 6.07) is 0. The average Bonchev–Trinajstić information content (AvgIpc) is 2.69. The third kappa shape index (κ3) is 5.01. The van der Waals surface area contributed by atoms with Crippen LogP contribution in [-0.4, -0.2) is 4.98 Å². The maximum atomic E-state index is 5.38. The Morgan fingerprint density at radius 2 is 2.07 bits per heavy atom. The van der Waals surface area contributed by atoms with Gasteiger partial charge in [-0.15, -0.1) is 0 Å². The van der Waals surface area contributed by atoms with E-state index in [4.69, 9.17) is 4.42 Å². The van der Waals surface area contributed by atoms with E-state index in [1.54, 1.807) is 0 Å². The molecule has 1 radical (unpaired) electrons. The minimum atomic E-state index is 0.879. The molecule has 15 heavy (non-hydrogen) atoms. The molecule has 0 unspecified atom stereocenters. The van der Waals surface area contributed by atoms with Crippen LogP contribution >= 0.6 is 0 Å². The second-order valence-electron chi connectivity index (χ2n) is 4.00. The molecule has 2 heteroatoms. The predicted molar refractivity (Wildman–Crippen MR) is 62.6 cm³/mol. The van der Waals surface area contributed by atoms with E-state index in [0.29, 0.717) is 0 Å². The SMILES string of the molecule is [CH2]CCCc1nc(CCCCCC)co1. The van der Waals surface area contributed by atoms with Gasteiger partial charge in [-0.25, -0.2) is 4.98 Å². The van der Waals surface area contributed by atoms with Crippen molar-refractivity contribution >= 4 is 0 Å². The van der Waals surface area contributed by atoms with Gasteiger partial charge in [0.25, 0.3) is 0 Å². The van der Waals surface area contributed by atoms with E-state index < -0.39 is 0 Å². The van der Waals surface area contributed by atoms with E-state index in [9.17, 15) is 0 Å². The Bertz CT molecular complexity index is 255. The van der Waals surface area contributed by atoms with Crippen LogP contribution in [0.4, 0.5) is 0 Å². The van der Waals surface area contributed by atoms with E-state index in [-0.39, 0.29) is 0 Å². The van der Waals surface area contributed by atoms with Crippen LogP contribution in [-0.2, 0) is 12.8 Å². The Balaban J connectivity index is 2.20. The van der Waals surface area contributed by atoms with Crippen LogP contribution in [0.5, 0.6) is 0 Å². The standard InChI is InChI=1S/C13H22NO/c1-3-5-7-8-9-12-11-15-13(14-12)10-6-4-2/h11H,2-10H2,1H3. The second kappa shape index (κ2) is 7.49. The molecule has 1 rings (SSSR count). The highest BCUT2D eigenvalue weighted by Crippen LogP contribution is 2.10. The highest BCUT2D eigenvalue weighted by atomic mass is 16.3. The zero-order chi connectivity index (χ0) is 10.9. The van der Waals surface area contributed by atoms with Gasteiger partial charge in [-0.2, -0.15) is 0 Å². The number of rotatable bonds is 8. The third-order valence-electron chi connectivity index (χ3n) is 2.53. The molecule has 0 aliphatic carbocycles. The summed E-state index contributed by atoms with van der Waals surface area (Å²) >= 11 is 0. The van der Waals surface area contributed by atoms with Gasteiger partial charge in [-0.3, -0.25) is 0 Å². The molecule has 0 aliphatic rings. The van der Waals surface area contributed by atoms with E-state index in [2.05, 4.69) is 18.8 Å². The van der Waals surface area contributed by atoms with Crippen LogP contribution < -0.4 is 0 Å². The quantitative estimate of drug-likeness (QED) is 0.604. The Morgan fingerprint density at radius 3 is 2.80 bits per heavy atom. The van der Waals surface area contributed by atoms with Crippen molar-refractivity contribution in [2.45, 2.75) is 58.3 Å². The number of unbranched alkanes of at least 4 members (excludes halogenated alkanes) is 4. The van der Waals surface area contributed by atoms with E-state index >= 15 is 0 Å². The molecule has 0 aromatic carbocycles. The van der Waals surface area contributed by atoms with E-state index in [1.165, 1.54) is 25.7 Å². The molecule has 85 valence electrons. The molecule has 2 nitrogen and oxygen atoms in total. The number of aromatic nitrogens is 1. The molecule has 0 atom stereocenters. The van der Waals surface area contributed by atoms with Gasteiger partial charge in [-0.1, -0.05) is 39.5 Å². The van der Waals surface area contributed by atoms with Crippen LogP contribution in [0.15, 0.2) is 10.7 Å². The molecule has 0 aliphatic heterocycles. The Labute approximate surface area is 93.1 Å². The van der Waals surface area contributed by atoms with Crippen LogP contribution in [0.25, 0.3) is 0 Å². The van der Waals surface area contributed by atoms with Crippen molar-refractivity contribution in [3.63, 3.8) is 0 Å². The first kappa shape index (κ1) is 12.3. The molecule has 0 amide bonds. The highest BCUT2D eigenvalue weighted by molar-refractivity contribution is 4.96. The molecule has 0 saturated heterocycles. The smallest absolute Gasteiger partial charge is 0.194 e. The van der Waals surface area contributed by atoms with Crippen molar-refractivity contribution in [2.24, 2.45) is 0 Å². The average molecular weight is 208 g/mol. The fourth-order valence-electron chi connectivity index (χ4n) is 1.59. The summed E-state index contributed by atoms with van der Waals surface area (Å²) in [5.74, 6) is 0.879. The Kier molecular flexibility index (Phi) is 6.14. The molecule has 0 N–H and O–H groups in total. The van der Waals surface area contributed by atoms with Crippen molar-refractivity contribution < 1.29 is 4.42 Å². The summed E-state index contributed by atoms with van der Waals surface area (Å²) in [5.41, 5.74) is 1.12. The molecule has 0 fully saturated rings. The first-order valence-electron chi connectivity index (χ1n) is 6.09. The van der Waals surface area contributed by atoms with Gasteiger partial charge in [0.2, 0.25) is 0 Å². The van der Waals surface area contributed by atoms with Crippen LogP contribution in [0.1, 0.15) is 57.0 Å². The maximum absolute atomic E-state index is 5.38. The van der Waals surface area contributed by atoms with Crippen LogP contribution in [0, 0.1) is 6.92 Å². The first-order valence-corrected chi connectivity index (χ1v) is 6.09. The molecule has 1 aromatic rings. The summed E-state index contributed by atoms with van der Waals surface area (Å²) in [6.07, 6.45) is 11.0. The van der Waals surface area contributed by atoms with E-state index in [0.717, 1.165) is 37.3 Å². The highest BCUT2D eigenvalue weighted by Gasteiger charge is 2.02. The summed E-state index contributed by atoms with van der Waals surface area (Å²) < 4.78 is 5.38. The number of hydrogen-bond acceptors (Lipinski definition) is 2. The van der Waals surface area contributed by atoms with Crippen LogP contribution in [0.3, 0.4) is 0 Å². The summed E-state index contributed by atoms with van der Waals surface area (Å²) in [5, 5.41) is 0. The van der Waals surface area contributed by atoms with Crippen LogP contribution in [0.2, 0.25) is 0 Å². The van der Waals surface area contributed by atoms with Gasteiger partial charge < -0.3 is 4.42 Å². The van der Waals surface area contributed by atoms with Gasteiger partial charge in [0.1, 0.15) is 6.26 Å². The van der Waals surface area contributed by atoms with Gasteiger partial charge >= 0.3 is 0 Å². The fraction of sp³-hybridized carbons (Fsp3) is 0.692. The van der Waals surface area contributed by atoms with Crippen molar-refractivity contribution in [3.05, 3.63) is 24.8 Å². The second-order valence-corrected chi connectivity index (χ2v) is 4.00. The van der Waals surface area contributed by atoms with Crippen molar-refractivity contribution in [2.75, 3.05) is 0 Å². The molecule has 0 spiro atoms. The molecule has 1 heterocycles. The van der Waals surface area contributed by atoms with Crippen molar-refractivity contribution in [1.29, 1.82) is 0 Å². The zero-order valence-electron chi connectivity index (χ0n) is 9.80. The predicted octanol–water partition coefficient (Wildman–Crippen LogP) is 3.95. The largest absolute Gasteiger partial charge is 0.449 e. The first-order chi connectivity index (χ1) is 7.36. The normalized spacial score (nSPS) is 10.8. The van der Waals surface area contributed by atoms with Crippen molar-refractivity contribution in [1.82, 2.24) is 4.98 Å². The maximum Gasteiger partial charge on any atom is 0.194 e. The van der Waals surface area contributed by atoms with Gasteiger partial charge in [0.15, 0.2) is 5.89 Å². The summed E-state index contributed by atoms with van der Waals surface area (Å²) in [7, 11) is 0. The third-order valence-corrected chi connectivity index (χ3v) is 2.53. The number of aryl methyl sites for hydroxylation is 2. The van der Waals surface area contributed by atoms with Crippen molar-refractivity contribution in [3.8, 4) is 0 Å². The molecular weight excluding hydrogens is 186 g/mol. The lowest BCUT2D eigenvalue weighted by molar-refractivity contribution is 0.487. The fourth-order valence-corrected chi connectivity index (χ4v) is 1.59. The lowest BCUT2D eigenvalue weighted by Gasteiger charge is -1.95. The summed E-state index contributed by atoms with van der Waals surface area (Å²) in [4.78, 5) is 4.45. The van der Waals surface area contributed by atoms with Gasteiger partial charge in [-0.05, 0) is 19.3 Å². The minimum absolute atomic E-state index is 0.879. The summed E-state index contributed by atoms with van der Waals surface area (Å²) in [6.45, 7) is 6.04. The molecule has 0 saturated carbocycles. The Morgan fingerprint density at radius 1 is 1.20 bits per heavy atom. The monoisotopic (exact) mass is 208 g/mol. The van der Waals surface area contributed by atoms with Gasteiger partial charge in [0.05, 0.1) is 5.69 Å². The molecular formula is C13H22NO. The Hall–Kier alpha value is -0.790. The number of hydrogen-bond donors (Lipinski definition) is 0. The molecule has 1 aromatic heterocycles. The number of nitrogens with zero attached hydrogens (tertiary/aromatic N) is 1. The lowest BCUT2D eigenvalue weighted by atomic mass is 10.1. The minimum Gasteiger partial charge on any atom is -0.449 e. The zero-order valence-corrected chi connectivity index (χ0v) is 9.80. The lowest BCUT2D eigenvalue weighted by Crippen LogP contribution is -1.88. The number of oxazole rings is 1. The van der Waals surface area contributed by atoms with E-state index in [1.807, 2.05) is 6.26 Å². The topological polar surface area (TPSA) is 26.0 Å². The molecule has 0 bridgehead atoms. The van der Waals surface area contributed by atoms with Gasteiger partial charge in [0, 0.05) is 6.42 Å².